The van der Waals surface area contributed by atoms with Gasteiger partial charge < -0.3 is 15.4 Å². The summed E-state index contributed by atoms with van der Waals surface area (Å²) >= 11 is 0. The number of carbonyl (C=O) groups is 1. The Bertz CT molecular complexity index is 468. The topological polar surface area (TPSA) is 79.0 Å². The lowest BCUT2D eigenvalue weighted by atomic mass is 10.1. The molecule has 110 valence electrons. The first-order valence-corrected chi connectivity index (χ1v) is 7.47. The minimum atomic E-state index is -0.0895. The van der Waals surface area contributed by atoms with Crippen molar-refractivity contribution in [3.05, 3.63) is 17.0 Å². The van der Waals surface area contributed by atoms with Crippen molar-refractivity contribution in [2.45, 2.75) is 32.2 Å². The quantitative estimate of drug-likeness (QED) is 0.638. The summed E-state index contributed by atoms with van der Waals surface area (Å²) in [5.41, 5.74) is 2.63. The van der Waals surface area contributed by atoms with Gasteiger partial charge in [0.1, 0.15) is 0 Å². The van der Waals surface area contributed by atoms with Gasteiger partial charge in [-0.25, -0.2) is 0 Å². The normalized spacial score (nSPS) is 17.8. The Balaban J connectivity index is 1.38. The molecule has 1 aliphatic heterocycles. The summed E-state index contributed by atoms with van der Waals surface area (Å²) in [5.74, 6) is 0.709. The first-order chi connectivity index (χ1) is 9.84. The molecule has 2 aliphatic rings. The number of H-pyrrole nitrogens is 1. The molecule has 1 saturated carbocycles. The van der Waals surface area contributed by atoms with Crippen LogP contribution in [-0.4, -0.2) is 42.4 Å². The second kappa shape index (κ2) is 6.37. The monoisotopic (exact) mass is 278 g/mol. The minimum absolute atomic E-state index is 0.0895. The maximum Gasteiger partial charge on any atom is 0.272 e. The minimum Gasteiger partial charge on any atom is -0.381 e. The van der Waals surface area contributed by atoms with Crippen molar-refractivity contribution in [3.63, 3.8) is 0 Å². The van der Waals surface area contributed by atoms with Gasteiger partial charge in [0, 0.05) is 50.5 Å². The number of aromatic nitrogens is 2. The zero-order valence-electron chi connectivity index (χ0n) is 11.7. The number of hydrogen-bond donors (Lipinski definition) is 3. The van der Waals surface area contributed by atoms with Gasteiger partial charge in [-0.1, -0.05) is 0 Å². The van der Waals surface area contributed by atoms with Crippen LogP contribution in [0.1, 0.15) is 41.0 Å². The Kier molecular flexibility index (Phi) is 4.32. The van der Waals surface area contributed by atoms with Crippen LogP contribution in [0.25, 0.3) is 0 Å². The third kappa shape index (κ3) is 3.37. The van der Waals surface area contributed by atoms with Crippen molar-refractivity contribution in [2.75, 3.05) is 26.3 Å². The Labute approximate surface area is 118 Å². The first kappa shape index (κ1) is 13.6. The van der Waals surface area contributed by atoms with E-state index in [9.17, 15) is 4.79 Å². The van der Waals surface area contributed by atoms with Gasteiger partial charge in [0.05, 0.1) is 0 Å². The van der Waals surface area contributed by atoms with Crippen molar-refractivity contribution < 1.29 is 9.53 Å². The van der Waals surface area contributed by atoms with Gasteiger partial charge in [0.15, 0.2) is 5.69 Å². The van der Waals surface area contributed by atoms with E-state index in [4.69, 9.17) is 4.74 Å². The maximum atomic E-state index is 12.1. The number of nitrogens with zero attached hydrogens (tertiary/aromatic N) is 1. The highest BCUT2D eigenvalue weighted by atomic mass is 16.5. The lowest BCUT2D eigenvalue weighted by molar-refractivity contribution is 0.0931. The van der Waals surface area contributed by atoms with Crippen molar-refractivity contribution in [1.29, 1.82) is 0 Å². The number of rotatable bonds is 7. The Morgan fingerprint density at radius 2 is 2.35 bits per heavy atom. The molecule has 6 heteroatoms. The molecule has 0 aromatic carbocycles. The molecule has 3 N–H and O–H groups in total. The molecule has 1 amide bonds. The number of hydrogen-bond acceptors (Lipinski definition) is 4. The number of nitrogens with one attached hydrogen (secondary N) is 3. The van der Waals surface area contributed by atoms with Gasteiger partial charge in [-0.3, -0.25) is 9.89 Å². The highest BCUT2D eigenvalue weighted by Crippen LogP contribution is 2.28. The van der Waals surface area contributed by atoms with Gasteiger partial charge >= 0.3 is 0 Å². The van der Waals surface area contributed by atoms with Crippen LogP contribution in [0.4, 0.5) is 0 Å². The van der Waals surface area contributed by atoms with Crippen molar-refractivity contribution in [3.8, 4) is 0 Å². The molecule has 0 saturated heterocycles. The van der Waals surface area contributed by atoms with E-state index in [1.165, 1.54) is 12.8 Å². The molecular weight excluding hydrogens is 256 g/mol. The third-order valence-electron chi connectivity index (χ3n) is 3.82. The highest BCUT2D eigenvalue weighted by molar-refractivity contribution is 5.94. The van der Waals surface area contributed by atoms with Gasteiger partial charge in [-0.15, -0.1) is 0 Å². The SMILES string of the molecule is O=C(NCCCOCC1CC1)c1n[nH]c2c1CNCC2. The molecule has 1 aromatic rings. The largest absolute Gasteiger partial charge is 0.381 e. The summed E-state index contributed by atoms with van der Waals surface area (Å²) in [7, 11) is 0. The van der Waals surface area contributed by atoms with Crippen LogP contribution in [0.5, 0.6) is 0 Å². The van der Waals surface area contributed by atoms with Crippen LogP contribution in [0.3, 0.4) is 0 Å². The molecule has 0 radical (unpaired) electrons. The molecule has 1 aliphatic carbocycles. The van der Waals surface area contributed by atoms with Crippen LogP contribution >= 0.6 is 0 Å². The van der Waals surface area contributed by atoms with Crippen molar-refractivity contribution in [1.82, 2.24) is 20.8 Å². The molecule has 0 unspecified atom stereocenters. The highest BCUT2D eigenvalue weighted by Gasteiger charge is 2.22. The van der Waals surface area contributed by atoms with Gasteiger partial charge in [0.25, 0.3) is 5.91 Å². The van der Waals surface area contributed by atoms with Crippen LogP contribution < -0.4 is 10.6 Å². The Morgan fingerprint density at radius 1 is 1.45 bits per heavy atom. The summed E-state index contributed by atoms with van der Waals surface area (Å²) < 4.78 is 5.54. The Morgan fingerprint density at radius 3 is 3.20 bits per heavy atom. The van der Waals surface area contributed by atoms with Gasteiger partial charge in [-0.2, -0.15) is 5.10 Å². The molecule has 2 heterocycles. The number of fused-ring (bicyclic) bond motifs is 1. The number of ether oxygens (including phenoxy) is 1. The zero-order chi connectivity index (χ0) is 13.8. The zero-order valence-corrected chi connectivity index (χ0v) is 11.7. The Hall–Kier alpha value is -1.40. The third-order valence-corrected chi connectivity index (χ3v) is 3.82. The average molecular weight is 278 g/mol. The number of aromatic amines is 1. The molecule has 1 fully saturated rings. The molecule has 0 bridgehead atoms. The van der Waals surface area contributed by atoms with Gasteiger partial charge in [-0.05, 0) is 25.2 Å². The lowest BCUT2D eigenvalue weighted by Crippen LogP contribution is -2.29. The summed E-state index contributed by atoms with van der Waals surface area (Å²) in [6.07, 6.45) is 4.39. The van der Waals surface area contributed by atoms with E-state index in [0.29, 0.717) is 12.2 Å². The summed E-state index contributed by atoms with van der Waals surface area (Å²) in [6.45, 7) is 3.90. The number of amides is 1. The fourth-order valence-corrected chi connectivity index (χ4v) is 2.41. The molecule has 1 aromatic heterocycles. The average Bonchev–Trinajstić information content (AvgIpc) is 3.19. The first-order valence-electron chi connectivity index (χ1n) is 7.47. The van der Waals surface area contributed by atoms with E-state index in [0.717, 1.165) is 56.3 Å². The van der Waals surface area contributed by atoms with E-state index in [2.05, 4.69) is 20.8 Å². The second-order valence-corrected chi connectivity index (χ2v) is 5.58. The predicted octanol–water partition coefficient (Wildman–Crippen LogP) is 0.602. The molecule has 0 atom stereocenters. The maximum absolute atomic E-state index is 12.1. The van der Waals surface area contributed by atoms with Crippen molar-refractivity contribution in [2.24, 2.45) is 5.92 Å². The summed E-state index contributed by atoms with van der Waals surface area (Å²) in [5, 5.41) is 13.3. The summed E-state index contributed by atoms with van der Waals surface area (Å²) in [6, 6.07) is 0. The van der Waals surface area contributed by atoms with E-state index in [1.54, 1.807) is 0 Å². The van der Waals surface area contributed by atoms with E-state index in [-0.39, 0.29) is 5.91 Å². The molecule has 3 rings (SSSR count). The van der Waals surface area contributed by atoms with E-state index in [1.807, 2.05) is 0 Å². The predicted molar refractivity (Wildman–Crippen MR) is 74.5 cm³/mol. The lowest BCUT2D eigenvalue weighted by Gasteiger charge is -2.12. The smallest absolute Gasteiger partial charge is 0.272 e. The van der Waals surface area contributed by atoms with E-state index >= 15 is 0 Å². The number of carbonyl (C=O) groups excluding carboxylic acids is 1. The fraction of sp³-hybridized carbons (Fsp3) is 0.714. The van der Waals surface area contributed by atoms with Crippen LogP contribution in [0.15, 0.2) is 0 Å². The van der Waals surface area contributed by atoms with Crippen LogP contribution in [0, 0.1) is 5.92 Å². The second-order valence-electron chi connectivity index (χ2n) is 5.58. The molecular formula is C14H22N4O2. The fourth-order valence-electron chi connectivity index (χ4n) is 2.41. The van der Waals surface area contributed by atoms with Crippen LogP contribution in [-0.2, 0) is 17.7 Å². The molecule has 0 spiro atoms. The van der Waals surface area contributed by atoms with Gasteiger partial charge in [0.2, 0.25) is 0 Å². The molecule has 20 heavy (non-hydrogen) atoms. The summed E-state index contributed by atoms with van der Waals surface area (Å²) in [4.78, 5) is 12.1. The van der Waals surface area contributed by atoms with Crippen molar-refractivity contribution >= 4 is 5.91 Å². The van der Waals surface area contributed by atoms with Crippen LogP contribution in [0.2, 0.25) is 0 Å². The van der Waals surface area contributed by atoms with E-state index < -0.39 is 0 Å². The molecule has 6 nitrogen and oxygen atoms in total. The standard InChI is InChI=1S/C14H22N4O2/c19-14(16-5-1-7-20-9-10-2-3-10)13-11-8-15-6-4-12(11)17-18-13/h10,15H,1-9H2,(H,16,19)(H,17,18).